The van der Waals surface area contributed by atoms with Gasteiger partial charge in [-0.15, -0.1) is 0 Å². The fraction of sp³-hybridized carbons (Fsp3) is 0.281. The average Bonchev–Trinajstić information content (AvgIpc) is 3.02. The van der Waals surface area contributed by atoms with Crippen LogP contribution in [-0.2, 0) is 4.79 Å². The number of carbonyl (C=O) groups excluding carboxylic acids is 1. The SMILES string of the molecule is C=CC(=O)N1CCN(c2c(C#N)c(=O)n(-c3c(C)ccnc3C(C)C)c3nc(-c4c(F)c(N)c(F)c(F)c4F)c(Cl)cc23)C[C@H]1C. The van der Waals surface area contributed by atoms with E-state index in [4.69, 9.17) is 17.3 Å². The van der Waals surface area contributed by atoms with Crippen LogP contribution in [-0.4, -0.2) is 51.0 Å². The summed E-state index contributed by atoms with van der Waals surface area (Å²) in [6.45, 7) is 11.3. The average molecular weight is 654 g/mol. The maximum atomic E-state index is 15.3. The second-order valence-corrected chi connectivity index (χ2v) is 11.7. The maximum absolute atomic E-state index is 15.3. The maximum Gasteiger partial charge on any atom is 0.276 e. The van der Waals surface area contributed by atoms with Gasteiger partial charge in [0.05, 0.1) is 33.3 Å². The Hall–Kier alpha value is -4.96. The zero-order valence-electron chi connectivity index (χ0n) is 25.3. The lowest BCUT2D eigenvalue weighted by Crippen LogP contribution is -2.54. The molecule has 1 saturated heterocycles. The van der Waals surface area contributed by atoms with Crippen molar-refractivity contribution in [1.82, 2.24) is 19.4 Å². The molecule has 0 bridgehead atoms. The van der Waals surface area contributed by atoms with Gasteiger partial charge in [0, 0.05) is 37.3 Å². The molecule has 2 N–H and O–H groups in total. The van der Waals surface area contributed by atoms with Crippen molar-refractivity contribution in [1.29, 1.82) is 5.26 Å². The zero-order chi connectivity index (χ0) is 33.8. The van der Waals surface area contributed by atoms with E-state index in [0.717, 1.165) is 4.57 Å². The number of benzene rings is 1. The van der Waals surface area contributed by atoms with Gasteiger partial charge in [0.2, 0.25) is 5.91 Å². The van der Waals surface area contributed by atoms with Crippen molar-refractivity contribution < 1.29 is 22.4 Å². The molecule has 3 aromatic heterocycles. The second-order valence-electron chi connectivity index (χ2n) is 11.3. The Morgan fingerprint density at radius 3 is 2.48 bits per heavy atom. The molecule has 0 radical (unpaired) electrons. The number of rotatable bonds is 5. The predicted molar refractivity (Wildman–Crippen MR) is 167 cm³/mol. The number of hydrogen-bond donors (Lipinski definition) is 1. The quantitative estimate of drug-likeness (QED) is 0.0955. The number of amides is 1. The number of pyridine rings is 3. The van der Waals surface area contributed by atoms with E-state index < -0.39 is 50.8 Å². The van der Waals surface area contributed by atoms with Gasteiger partial charge in [-0.3, -0.25) is 19.1 Å². The van der Waals surface area contributed by atoms with Crippen molar-refractivity contribution in [3.63, 3.8) is 0 Å². The lowest BCUT2D eigenvalue weighted by atomic mass is 10.0. The molecule has 0 spiro atoms. The molecular weight excluding hydrogens is 626 g/mol. The minimum atomic E-state index is -2.03. The van der Waals surface area contributed by atoms with Gasteiger partial charge in [0.15, 0.2) is 23.3 Å². The predicted octanol–water partition coefficient (Wildman–Crippen LogP) is 5.77. The number of piperazine rings is 1. The normalized spacial score (nSPS) is 15.0. The number of halogens is 5. The summed E-state index contributed by atoms with van der Waals surface area (Å²) in [6.07, 6.45) is 2.75. The molecule has 14 heteroatoms. The number of aromatic nitrogens is 3. The van der Waals surface area contributed by atoms with Gasteiger partial charge in [-0.1, -0.05) is 32.0 Å². The van der Waals surface area contributed by atoms with Crippen molar-refractivity contribution in [2.75, 3.05) is 30.3 Å². The molecule has 1 atom stereocenters. The van der Waals surface area contributed by atoms with E-state index in [9.17, 15) is 23.6 Å². The summed E-state index contributed by atoms with van der Waals surface area (Å²) in [5.74, 6) is -8.01. The number of nitriles is 1. The van der Waals surface area contributed by atoms with Crippen molar-refractivity contribution in [2.45, 2.75) is 39.7 Å². The van der Waals surface area contributed by atoms with Crippen LogP contribution in [0.25, 0.3) is 28.0 Å². The van der Waals surface area contributed by atoms with Crippen LogP contribution in [0.2, 0.25) is 5.02 Å². The third-order valence-electron chi connectivity index (χ3n) is 8.05. The highest BCUT2D eigenvalue weighted by molar-refractivity contribution is 6.34. The second kappa shape index (κ2) is 12.1. The van der Waals surface area contributed by atoms with E-state index in [1.165, 1.54) is 12.1 Å². The number of anilines is 2. The minimum Gasteiger partial charge on any atom is -0.394 e. The molecule has 1 aliphatic rings. The summed E-state index contributed by atoms with van der Waals surface area (Å²) in [7, 11) is 0. The van der Waals surface area contributed by atoms with E-state index in [-0.39, 0.29) is 65.5 Å². The molecule has 4 aromatic rings. The molecule has 9 nitrogen and oxygen atoms in total. The van der Waals surface area contributed by atoms with Crippen molar-refractivity contribution in [2.24, 2.45) is 0 Å². The van der Waals surface area contributed by atoms with Crippen LogP contribution in [0.5, 0.6) is 0 Å². The number of nitrogen functional groups attached to an aromatic ring is 1. The van der Waals surface area contributed by atoms with Crippen LogP contribution < -0.4 is 16.2 Å². The number of hydrogen-bond acceptors (Lipinski definition) is 7. The van der Waals surface area contributed by atoms with Gasteiger partial charge < -0.3 is 15.5 Å². The van der Waals surface area contributed by atoms with Gasteiger partial charge in [0.25, 0.3) is 5.56 Å². The van der Waals surface area contributed by atoms with Gasteiger partial charge in [-0.25, -0.2) is 22.5 Å². The Bertz CT molecular complexity index is 2030. The molecule has 46 heavy (non-hydrogen) atoms. The molecule has 4 heterocycles. The van der Waals surface area contributed by atoms with E-state index in [1.54, 1.807) is 35.9 Å². The molecular formula is C32H28ClF4N7O2. The number of fused-ring (bicyclic) bond motifs is 1. The molecule has 1 fully saturated rings. The molecule has 5 rings (SSSR count). The van der Waals surface area contributed by atoms with E-state index >= 15 is 8.78 Å². The molecule has 1 aliphatic heterocycles. The van der Waals surface area contributed by atoms with Crippen LogP contribution in [0.1, 0.15) is 43.5 Å². The number of nitrogens with two attached hydrogens (primary N) is 1. The largest absolute Gasteiger partial charge is 0.394 e. The Kier molecular flexibility index (Phi) is 8.53. The summed E-state index contributed by atoms with van der Waals surface area (Å²) in [6, 6.07) is 4.54. The van der Waals surface area contributed by atoms with Gasteiger partial charge in [-0.05, 0) is 43.5 Å². The summed E-state index contributed by atoms with van der Waals surface area (Å²) >= 11 is 6.58. The van der Waals surface area contributed by atoms with Crippen LogP contribution in [0.4, 0.5) is 28.9 Å². The van der Waals surface area contributed by atoms with Gasteiger partial charge in [0.1, 0.15) is 23.0 Å². The monoisotopic (exact) mass is 653 g/mol. The third-order valence-corrected chi connectivity index (χ3v) is 8.34. The van der Waals surface area contributed by atoms with Crippen LogP contribution in [0.15, 0.2) is 35.8 Å². The van der Waals surface area contributed by atoms with Crippen LogP contribution in [0.3, 0.4) is 0 Å². The Labute approximate surface area is 266 Å². The lowest BCUT2D eigenvalue weighted by Gasteiger charge is -2.41. The van der Waals surface area contributed by atoms with E-state index in [1.807, 2.05) is 19.9 Å². The topological polar surface area (TPSA) is 121 Å². The number of carbonyl (C=O) groups is 1. The van der Waals surface area contributed by atoms with Crippen molar-refractivity contribution in [3.05, 3.63) is 86.5 Å². The molecule has 0 unspecified atom stereocenters. The van der Waals surface area contributed by atoms with Gasteiger partial charge in [-0.2, -0.15) is 5.26 Å². The summed E-state index contributed by atoms with van der Waals surface area (Å²) in [5.41, 5.74) is 2.51. The van der Waals surface area contributed by atoms with Gasteiger partial charge >= 0.3 is 0 Å². The summed E-state index contributed by atoms with van der Waals surface area (Å²) < 4.78 is 60.3. The van der Waals surface area contributed by atoms with E-state index in [2.05, 4.69) is 16.5 Å². The highest BCUT2D eigenvalue weighted by Crippen LogP contribution is 2.40. The fourth-order valence-corrected chi connectivity index (χ4v) is 6.08. The molecule has 1 amide bonds. The first-order valence-corrected chi connectivity index (χ1v) is 14.6. The van der Waals surface area contributed by atoms with E-state index in [0.29, 0.717) is 11.3 Å². The third kappa shape index (κ3) is 5.02. The first kappa shape index (κ1) is 32.4. The fourth-order valence-electron chi connectivity index (χ4n) is 5.83. The molecule has 0 aliphatic carbocycles. The molecule has 0 saturated carbocycles. The number of aryl methyl sites for hydroxylation is 1. The Balaban J connectivity index is 1.94. The highest BCUT2D eigenvalue weighted by atomic mass is 35.5. The lowest BCUT2D eigenvalue weighted by molar-refractivity contribution is -0.128. The van der Waals surface area contributed by atoms with Crippen LogP contribution in [0, 0.1) is 41.5 Å². The summed E-state index contributed by atoms with van der Waals surface area (Å²) in [4.78, 5) is 39.0. The first-order valence-electron chi connectivity index (χ1n) is 14.2. The van der Waals surface area contributed by atoms with Crippen molar-refractivity contribution >= 4 is 39.9 Å². The number of nitrogens with zero attached hydrogens (tertiary/aromatic N) is 6. The summed E-state index contributed by atoms with van der Waals surface area (Å²) in [5, 5.41) is 10.1. The minimum absolute atomic E-state index is 0.135. The smallest absolute Gasteiger partial charge is 0.276 e. The molecule has 1 aromatic carbocycles. The zero-order valence-corrected chi connectivity index (χ0v) is 26.0. The molecule has 238 valence electrons. The Morgan fingerprint density at radius 2 is 1.87 bits per heavy atom. The highest BCUT2D eigenvalue weighted by Gasteiger charge is 2.33. The standard InChI is InChI=1S/C32H28ClF4N7O2/c1-6-20(45)43-10-9-42(13-16(43)5)30-17-11-19(33)28(21-22(34)24(36)25(37)26(39)23(21)35)41-31(17)44(32(46)18(30)12-38)29-15(4)7-8-40-27(29)14(2)3/h6-8,11,14,16H,1,9-10,13,39H2,2-5H3/t16-/m1/s1. The van der Waals surface area contributed by atoms with Crippen LogP contribution >= 0.6 is 11.6 Å². The van der Waals surface area contributed by atoms with Crippen molar-refractivity contribution in [3.8, 4) is 23.0 Å². The first-order chi connectivity index (χ1) is 21.7. The Morgan fingerprint density at radius 1 is 1.17 bits per heavy atom.